The Labute approximate surface area is 118 Å². The van der Waals surface area contributed by atoms with Crippen molar-refractivity contribution in [2.24, 2.45) is 0 Å². The highest BCUT2D eigenvalue weighted by Gasteiger charge is 2.38. The predicted molar refractivity (Wildman–Crippen MR) is 67.5 cm³/mol. The summed E-state index contributed by atoms with van der Waals surface area (Å²) in [4.78, 5) is -0.532. The molecule has 0 heterocycles. The molecule has 7 heteroatoms. The molecule has 0 spiro atoms. The van der Waals surface area contributed by atoms with Gasteiger partial charge in [-0.3, -0.25) is 0 Å². The minimum atomic E-state index is -4.61. The minimum Gasteiger partial charge on any atom is -0.383 e. The topological polar surface area (TPSA) is 20.2 Å². The molecule has 1 N–H and O–H groups in total. The van der Waals surface area contributed by atoms with Crippen LogP contribution in [0.25, 0.3) is 0 Å². The van der Waals surface area contributed by atoms with Crippen LogP contribution < -0.4 is 0 Å². The molecule has 0 radical (unpaired) electrons. The second-order valence-corrected chi connectivity index (χ2v) is 5.80. The third kappa shape index (κ3) is 3.05. The Morgan fingerprint density at radius 1 is 1.33 bits per heavy atom. The largest absolute Gasteiger partial charge is 0.416 e. The third-order valence-electron chi connectivity index (χ3n) is 2.62. The number of alkyl halides is 5. The number of aliphatic hydroxyl groups is 1. The normalized spacial score (nSPS) is 17.3. The second-order valence-electron chi connectivity index (χ2n) is 3.87. The Morgan fingerprint density at radius 3 is 2.22 bits per heavy atom. The Bertz CT molecular complexity index is 434. The van der Waals surface area contributed by atoms with Crippen molar-refractivity contribution in [3.05, 3.63) is 35.1 Å². The Morgan fingerprint density at radius 2 is 1.89 bits per heavy atom. The first-order valence-corrected chi connectivity index (χ1v) is 6.96. The van der Waals surface area contributed by atoms with E-state index in [1.807, 2.05) is 0 Å². The third-order valence-corrected chi connectivity index (χ3v) is 4.24. The minimum absolute atomic E-state index is 0.00526. The molecule has 0 aromatic heterocycles. The van der Waals surface area contributed by atoms with Crippen molar-refractivity contribution < 1.29 is 22.7 Å². The van der Waals surface area contributed by atoms with E-state index in [4.69, 9.17) is 0 Å². The first kappa shape index (κ1) is 15.9. The molecule has 1 aromatic rings. The summed E-state index contributed by atoms with van der Waals surface area (Å²) in [6.07, 6.45) is -4.61. The van der Waals surface area contributed by atoms with Crippen LogP contribution in [0.2, 0.25) is 0 Å². The van der Waals surface area contributed by atoms with Gasteiger partial charge in [0, 0.05) is 15.7 Å². The van der Waals surface area contributed by atoms with E-state index in [-0.39, 0.29) is 10.9 Å². The molecule has 102 valence electrons. The van der Waals surface area contributed by atoms with Crippen LogP contribution in [-0.4, -0.2) is 15.3 Å². The van der Waals surface area contributed by atoms with Gasteiger partial charge in [-0.15, -0.1) is 0 Å². The van der Waals surface area contributed by atoms with Gasteiger partial charge < -0.3 is 5.11 Å². The summed E-state index contributed by atoms with van der Waals surface area (Å²) in [6, 6.07) is 2.09. The smallest absolute Gasteiger partial charge is 0.383 e. The van der Waals surface area contributed by atoms with Gasteiger partial charge >= 0.3 is 6.18 Å². The van der Waals surface area contributed by atoms with Gasteiger partial charge in [0.15, 0.2) is 0 Å². The molecule has 1 rings (SSSR count). The zero-order valence-electron chi connectivity index (χ0n) is 9.23. The first-order valence-electron chi connectivity index (χ1n) is 4.92. The molecular formula is C11H10Br2F4O. The molecule has 1 nitrogen and oxygen atoms in total. The maximum absolute atomic E-state index is 13.7. The van der Waals surface area contributed by atoms with Crippen molar-refractivity contribution in [2.75, 3.05) is 5.33 Å². The zero-order valence-corrected chi connectivity index (χ0v) is 12.4. The van der Waals surface area contributed by atoms with Gasteiger partial charge in [0.25, 0.3) is 0 Å². The van der Waals surface area contributed by atoms with E-state index >= 15 is 0 Å². The molecule has 0 fully saturated rings. The van der Waals surface area contributed by atoms with Crippen LogP contribution in [-0.2, 0) is 11.8 Å². The van der Waals surface area contributed by atoms with E-state index in [0.29, 0.717) is 6.07 Å². The second kappa shape index (κ2) is 5.46. The Hall–Kier alpha value is -0.140. The monoisotopic (exact) mass is 392 g/mol. The fourth-order valence-electron chi connectivity index (χ4n) is 1.44. The number of rotatable bonds is 3. The highest BCUT2D eigenvalue weighted by atomic mass is 79.9. The molecular weight excluding hydrogens is 384 g/mol. The Kier molecular flexibility index (Phi) is 4.83. The summed E-state index contributed by atoms with van der Waals surface area (Å²) < 4.78 is 50.9. The summed E-state index contributed by atoms with van der Waals surface area (Å²) in [5, 5.41) is 10.2. The highest BCUT2D eigenvalue weighted by molar-refractivity contribution is 9.10. The van der Waals surface area contributed by atoms with Gasteiger partial charge in [0.2, 0.25) is 0 Å². The molecule has 0 saturated heterocycles. The zero-order chi connectivity index (χ0) is 14.1. The van der Waals surface area contributed by atoms with Crippen molar-refractivity contribution in [3.63, 3.8) is 0 Å². The average molecular weight is 394 g/mol. The summed E-state index contributed by atoms with van der Waals surface area (Å²) in [5.74, 6) is -1.09. The van der Waals surface area contributed by atoms with Crippen molar-refractivity contribution >= 4 is 31.9 Å². The summed E-state index contributed by atoms with van der Waals surface area (Å²) in [6.45, 7) is 1.58. The van der Waals surface area contributed by atoms with Crippen LogP contribution in [0.15, 0.2) is 18.2 Å². The average Bonchev–Trinajstić information content (AvgIpc) is 2.26. The molecule has 2 unspecified atom stereocenters. The number of halogens is 6. The summed E-state index contributed by atoms with van der Waals surface area (Å²) in [7, 11) is 0. The predicted octanol–water partition coefficient (Wildman–Crippen LogP) is 4.21. The van der Waals surface area contributed by atoms with Crippen molar-refractivity contribution in [2.45, 2.75) is 23.5 Å². The van der Waals surface area contributed by atoms with Crippen LogP contribution in [0.3, 0.4) is 0 Å². The van der Waals surface area contributed by atoms with Crippen LogP contribution in [0.4, 0.5) is 17.6 Å². The fraction of sp³-hybridized carbons (Fsp3) is 0.455. The summed E-state index contributed by atoms with van der Waals surface area (Å²) in [5.41, 5.74) is -2.88. The van der Waals surface area contributed by atoms with Crippen LogP contribution in [0.1, 0.15) is 18.1 Å². The molecule has 1 aromatic carbocycles. The van der Waals surface area contributed by atoms with Crippen molar-refractivity contribution in [1.82, 2.24) is 0 Å². The molecule has 2 atom stereocenters. The standard InChI is InChI=1S/C11H10Br2F4O/c1-6(13)10(18,5-12)8-3-2-7(4-9(8)14)11(15,16)17/h2-4,6,18H,5H2,1H3. The maximum Gasteiger partial charge on any atom is 0.416 e. The van der Waals surface area contributed by atoms with Crippen molar-refractivity contribution in [1.29, 1.82) is 0 Å². The van der Waals surface area contributed by atoms with Gasteiger partial charge in [-0.25, -0.2) is 4.39 Å². The molecule has 0 saturated carbocycles. The number of hydrogen-bond acceptors (Lipinski definition) is 1. The fourth-order valence-corrected chi connectivity index (χ4v) is 3.07. The lowest BCUT2D eigenvalue weighted by atomic mass is 9.92. The highest BCUT2D eigenvalue weighted by Crippen LogP contribution is 2.36. The van der Waals surface area contributed by atoms with Gasteiger partial charge in [-0.1, -0.05) is 37.9 Å². The van der Waals surface area contributed by atoms with Crippen molar-refractivity contribution in [3.8, 4) is 0 Å². The maximum atomic E-state index is 13.7. The number of benzene rings is 1. The molecule has 0 aliphatic rings. The SMILES string of the molecule is CC(Br)C(O)(CBr)c1ccc(C(F)(F)F)cc1F. The van der Waals surface area contributed by atoms with Gasteiger partial charge in [-0.05, 0) is 19.1 Å². The van der Waals surface area contributed by atoms with E-state index in [9.17, 15) is 22.7 Å². The summed E-state index contributed by atoms with van der Waals surface area (Å²) >= 11 is 6.15. The molecule has 0 aliphatic carbocycles. The quantitative estimate of drug-likeness (QED) is 0.602. The van der Waals surface area contributed by atoms with E-state index in [2.05, 4.69) is 31.9 Å². The van der Waals surface area contributed by atoms with Crippen LogP contribution >= 0.6 is 31.9 Å². The lowest BCUT2D eigenvalue weighted by molar-refractivity contribution is -0.137. The van der Waals surface area contributed by atoms with E-state index in [1.54, 1.807) is 6.92 Å². The lowest BCUT2D eigenvalue weighted by Crippen LogP contribution is -2.37. The van der Waals surface area contributed by atoms with E-state index in [0.717, 1.165) is 12.1 Å². The molecule has 0 amide bonds. The van der Waals surface area contributed by atoms with Crippen LogP contribution in [0, 0.1) is 5.82 Å². The Balaban J connectivity index is 3.29. The van der Waals surface area contributed by atoms with E-state index in [1.165, 1.54) is 0 Å². The van der Waals surface area contributed by atoms with Gasteiger partial charge in [0.05, 0.1) is 5.56 Å². The lowest BCUT2D eigenvalue weighted by Gasteiger charge is -2.30. The molecule has 0 aliphatic heterocycles. The van der Waals surface area contributed by atoms with Gasteiger partial charge in [0.1, 0.15) is 11.4 Å². The molecule has 18 heavy (non-hydrogen) atoms. The van der Waals surface area contributed by atoms with Crippen LogP contribution in [0.5, 0.6) is 0 Å². The van der Waals surface area contributed by atoms with Gasteiger partial charge in [-0.2, -0.15) is 13.2 Å². The molecule has 0 bridgehead atoms. The number of hydrogen-bond donors (Lipinski definition) is 1. The van der Waals surface area contributed by atoms with E-state index < -0.39 is 28.0 Å². The first-order chi connectivity index (χ1) is 8.13.